The van der Waals surface area contributed by atoms with Crippen molar-refractivity contribution in [1.82, 2.24) is 10.6 Å². The van der Waals surface area contributed by atoms with Crippen molar-refractivity contribution in [2.24, 2.45) is 0 Å². The highest BCUT2D eigenvalue weighted by Crippen LogP contribution is 2.36. The molecule has 1 aliphatic heterocycles. The number of hydrogen-bond acceptors (Lipinski definition) is 4. The molecule has 146 valence electrons. The second kappa shape index (κ2) is 7.99. The number of methoxy groups -OCH3 is 2. The van der Waals surface area contributed by atoms with Crippen molar-refractivity contribution >= 4 is 17.6 Å². The van der Waals surface area contributed by atoms with Gasteiger partial charge in [-0.3, -0.25) is 4.79 Å². The predicted molar refractivity (Wildman–Crippen MR) is 102 cm³/mol. The first-order valence-corrected chi connectivity index (χ1v) is 8.50. The van der Waals surface area contributed by atoms with Gasteiger partial charge < -0.3 is 25.4 Å². The summed E-state index contributed by atoms with van der Waals surface area (Å²) in [5.74, 6) is -0.102. The zero-order valence-corrected chi connectivity index (χ0v) is 15.6. The Morgan fingerprint density at radius 1 is 1.14 bits per heavy atom. The Morgan fingerprint density at radius 2 is 1.89 bits per heavy atom. The van der Waals surface area contributed by atoms with E-state index in [1.54, 1.807) is 31.2 Å². The smallest absolute Gasteiger partial charge is 0.319 e. The number of benzene rings is 2. The lowest BCUT2D eigenvalue weighted by atomic mass is 9.93. The number of para-hydroxylation sites is 1. The van der Waals surface area contributed by atoms with Gasteiger partial charge in [0, 0.05) is 11.3 Å². The van der Waals surface area contributed by atoms with Gasteiger partial charge in [0.15, 0.2) is 0 Å². The largest absolute Gasteiger partial charge is 0.497 e. The van der Waals surface area contributed by atoms with Gasteiger partial charge in [0.05, 0.1) is 31.5 Å². The fraction of sp³-hybridized carbons (Fsp3) is 0.200. The summed E-state index contributed by atoms with van der Waals surface area (Å²) >= 11 is 0. The SMILES string of the molecule is COc1ccc(OC)c(C2NC(=O)NC(C)=C2C(=O)Nc2ccccc2F)c1. The van der Waals surface area contributed by atoms with Crippen molar-refractivity contribution in [3.8, 4) is 11.5 Å². The minimum atomic E-state index is -0.814. The van der Waals surface area contributed by atoms with Crippen LogP contribution in [0.4, 0.5) is 14.9 Å². The summed E-state index contributed by atoms with van der Waals surface area (Å²) in [6.45, 7) is 1.61. The minimum Gasteiger partial charge on any atom is -0.497 e. The molecule has 0 saturated carbocycles. The highest BCUT2D eigenvalue weighted by atomic mass is 19.1. The Balaban J connectivity index is 2.04. The molecule has 1 aliphatic rings. The maximum atomic E-state index is 14.0. The van der Waals surface area contributed by atoms with E-state index in [1.165, 1.54) is 32.4 Å². The third-order valence-electron chi connectivity index (χ3n) is 4.38. The van der Waals surface area contributed by atoms with Crippen LogP contribution in [0.3, 0.4) is 0 Å². The van der Waals surface area contributed by atoms with Crippen molar-refractivity contribution in [1.29, 1.82) is 0 Å². The van der Waals surface area contributed by atoms with E-state index in [1.807, 2.05) is 0 Å². The van der Waals surface area contributed by atoms with Crippen molar-refractivity contribution in [3.05, 3.63) is 65.1 Å². The molecule has 0 fully saturated rings. The van der Waals surface area contributed by atoms with E-state index in [9.17, 15) is 14.0 Å². The van der Waals surface area contributed by atoms with Gasteiger partial charge >= 0.3 is 6.03 Å². The lowest BCUT2D eigenvalue weighted by Crippen LogP contribution is -2.46. The average molecular weight is 385 g/mol. The molecule has 2 aromatic rings. The van der Waals surface area contributed by atoms with Crippen LogP contribution in [0.5, 0.6) is 11.5 Å². The fourth-order valence-corrected chi connectivity index (χ4v) is 3.05. The number of halogens is 1. The van der Waals surface area contributed by atoms with Crippen LogP contribution in [0.25, 0.3) is 0 Å². The molecule has 8 heteroatoms. The molecule has 1 unspecified atom stereocenters. The normalized spacial score (nSPS) is 16.1. The lowest BCUT2D eigenvalue weighted by Gasteiger charge is -2.29. The summed E-state index contributed by atoms with van der Waals surface area (Å²) < 4.78 is 24.6. The number of anilines is 1. The molecular weight excluding hydrogens is 365 g/mol. The van der Waals surface area contributed by atoms with E-state index in [4.69, 9.17) is 9.47 Å². The molecule has 2 aromatic carbocycles. The summed E-state index contributed by atoms with van der Waals surface area (Å²) in [4.78, 5) is 25.0. The number of carbonyl (C=O) groups excluding carboxylic acids is 2. The Morgan fingerprint density at radius 3 is 2.57 bits per heavy atom. The first-order chi connectivity index (χ1) is 13.4. The molecule has 0 spiro atoms. The Hall–Kier alpha value is -3.55. The Labute approximate surface area is 161 Å². The fourth-order valence-electron chi connectivity index (χ4n) is 3.05. The Kier molecular flexibility index (Phi) is 5.49. The maximum Gasteiger partial charge on any atom is 0.319 e. The van der Waals surface area contributed by atoms with Crippen molar-refractivity contribution < 1.29 is 23.5 Å². The van der Waals surface area contributed by atoms with Crippen LogP contribution in [0.15, 0.2) is 53.7 Å². The molecule has 0 bridgehead atoms. The predicted octanol–water partition coefficient (Wildman–Crippen LogP) is 3.11. The molecule has 1 heterocycles. The van der Waals surface area contributed by atoms with Gasteiger partial charge in [0.1, 0.15) is 17.3 Å². The van der Waals surface area contributed by atoms with Crippen LogP contribution < -0.4 is 25.4 Å². The van der Waals surface area contributed by atoms with Crippen LogP contribution in [-0.4, -0.2) is 26.2 Å². The first kappa shape index (κ1) is 19.2. The lowest BCUT2D eigenvalue weighted by molar-refractivity contribution is -0.113. The third-order valence-corrected chi connectivity index (χ3v) is 4.38. The van der Waals surface area contributed by atoms with Gasteiger partial charge in [0.25, 0.3) is 5.91 Å². The van der Waals surface area contributed by atoms with Gasteiger partial charge in [-0.1, -0.05) is 12.1 Å². The summed E-state index contributed by atoms with van der Waals surface area (Å²) in [6.07, 6.45) is 0. The minimum absolute atomic E-state index is 0.0426. The molecule has 0 radical (unpaired) electrons. The highest BCUT2D eigenvalue weighted by Gasteiger charge is 2.33. The molecule has 28 heavy (non-hydrogen) atoms. The molecule has 1 atom stereocenters. The number of nitrogens with one attached hydrogen (secondary N) is 3. The van der Waals surface area contributed by atoms with E-state index in [0.717, 1.165) is 0 Å². The number of amides is 3. The zero-order valence-electron chi connectivity index (χ0n) is 15.6. The highest BCUT2D eigenvalue weighted by molar-refractivity contribution is 6.07. The molecule has 3 N–H and O–H groups in total. The van der Waals surface area contributed by atoms with Crippen molar-refractivity contribution in [2.45, 2.75) is 13.0 Å². The summed E-state index contributed by atoms with van der Waals surface area (Å²) in [7, 11) is 3.00. The zero-order chi connectivity index (χ0) is 20.3. The molecule has 3 amide bonds. The number of rotatable bonds is 5. The van der Waals surface area contributed by atoms with Crippen LogP contribution >= 0.6 is 0 Å². The second-order valence-electron chi connectivity index (χ2n) is 6.11. The summed E-state index contributed by atoms with van der Waals surface area (Å²) in [5.41, 5.74) is 1.16. The molecule has 3 rings (SSSR count). The summed E-state index contributed by atoms with van der Waals surface area (Å²) in [5, 5.41) is 7.86. The molecule has 0 aromatic heterocycles. The monoisotopic (exact) mass is 385 g/mol. The number of allylic oxidation sites excluding steroid dienone is 1. The number of ether oxygens (including phenoxy) is 2. The molecule has 0 saturated heterocycles. The standard InChI is InChI=1S/C20H20FN3O4/c1-11-17(19(25)23-15-7-5-4-6-14(15)21)18(24-20(26)22-11)13-10-12(27-2)8-9-16(13)28-3/h4-10,18H,1-3H3,(H,23,25)(H2,22,24,26). The van der Waals surface area contributed by atoms with E-state index in [0.29, 0.717) is 22.8 Å². The number of urea groups is 1. The maximum absolute atomic E-state index is 14.0. The number of carbonyl (C=O) groups is 2. The van der Waals surface area contributed by atoms with Crippen LogP contribution in [0.1, 0.15) is 18.5 Å². The van der Waals surface area contributed by atoms with E-state index < -0.39 is 23.8 Å². The Bertz CT molecular complexity index is 958. The van der Waals surface area contributed by atoms with E-state index >= 15 is 0 Å². The molecular formula is C20H20FN3O4. The van der Waals surface area contributed by atoms with E-state index in [2.05, 4.69) is 16.0 Å². The second-order valence-corrected chi connectivity index (χ2v) is 6.11. The average Bonchev–Trinajstić information content (AvgIpc) is 2.68. The number of hydrogen-bond donors (Lipinski definition) is 3. The van der Waals surface area contributed by atoms with Gasteiger partial charge in [-0.25, -0.2) is 9.18 Å². The van der Waals surface area contributed by atoms with Gasteiger partial charge in [0.2, 0.25) is 0 Å². The molecule has 7 nitrogen and oxygen atoms in total. The van der Waals surface area contributed by atoms with E-state index in [-0.39, 0.29) is 11.3 Å². The third kappa shape index (κ3) is 3.75. The first-order valence-electron chi connectivity index (χ1n) is 8.50. The van der Waals surface area contributed by atoms with Crippen LogP contribution in [-0.2, 0) is 4.79 Å². The summed E-state index contributed by atoms with van der Waals surface area (Å²) in [6, 6.07) is 9.65. The van der Waals surface area contributed by atoms with Crippen molar-refractivity contribution in [3.63, 3.8) is 0 Å². The van der Waals surface area contributed by atoms with Gasteiger partial charge in [-0.05, 0) is 37.3 Å². The van der Waals surface area contributed by atoms with Crippen molar-refractivity contribution in [2.75, 3.05) is 19.5 Å². The molecule has 0 aliphatic carbocycles. The quantitative estimate of drug-likeness (QED) is 0.738. The van der Waals surface area contributed by atoms with Gasteiger partial charge in [-0.2, -0.15) is 0 Å². The van der Waals surface area contributed by atoms with Gasteiger partial charge in [-0.15, -0.1) is 0 Å². The topological polar surface area (TPSA) is 88.7 Å². The van der Waals surface area contributed by atoms with Crippen LogP contribution in [0.2, 0.25) is 0 Å². The van der Waals surface area contributed by atoms with Crippen LogP contribution in [0, 0.1) is 5.82 Å².